The van der Waals surface area contributed by atoms with Crippen molar-refractivity contribution in [2.45, 2.75) is 6.92 Å². The van der Waals surface area contributed by atoms with Crippen LogP contribution in [0.5, 0.6) is 11.5 Å². The molecule has 1 N–H and O–H groups in total. The van der Waals surface area contributed by atoms with E-state index in [4.69, 9.17) is 9.47 Å². The molecule has 0 bridgehead atoms. The van der Waals surface area contributed by atoms with Crippen molar-refractivity contribution in [1.82, 2.24) is 15.2 Å². The number of benzene rings is 1. The minimum Gasteiger partial charge on any atom is -0.486 e. The Morgan fingerprint density at radius 2 is 1.92 bits per heavy atom. The molecule has 8 heteroatoms. The third-order valence-corrected chi connectivity index (χ3v) is 4.40. The number of ether oxygens (including phenoxy) is 2. The first-order chi connectivity index (χ1) is 12.1. The molecule has 0 saturated carbocycles. The molecular formula is C17H12N4O4. The van der Waals surface area contributed by atoms with E-state index in [0.29, 0.717) is 52.7 Å². The van der Waals surface area contributed by atoms with Gasteiger partial charge in [-0.25, -0.2) is 9.88 Å². The maximum atomic E-state index is 13.0. The average molecular weight is 336 g/mol. The number of rotatable bonds is 1. The number of aromatic nitrogens is 3. The number of carbonyl (C=O) groups is 2. The average Bonchev–Trinajstić information content (AvgIpc) is 3.13. The molecule has 0 radical (unpaired) electrons. The lowest BCUT2D eigenvalue weighted by Crippen LogP contribution is -2.29. The minimum absolute atomic E-state index is 0.275. The van der Waals surface area contributed by atoms with Gasteiger partial charge in [-0.15, -0.1) is 0 Å². The van der Waals surface area contributed by atoms with E-state index in [-0.39, 0.29) is 5.56 Å². The lowest BCUT2D eigenvalue weighted by molar-refractivity contribution is 0.0926. The number of amides is 2. The summed E-state index contributed by atoms with van der Waals surface area (Å²) in [6.45, 7) is 2.70. The highest BCUT2D eigenvalue weighted by atomic mass is 16.6. The number of anilines is 1. The summed E-state index contributed by atoms with van der Waals surface area (Å²) in [5.74, 6) is 0.310. The normalized spacial score (nSPS) is 15.8. The molecule has 0 aliphatic carbocycles. The van der Waals surface area contributed by atoms with E-state index in [0.717, 1.165) is 4.90 Å². The van der Waals surface area contributed by atoms with Crippen LogP contribution >= 0.6 is 0 Å². The van der Waals surface area contributed by atoms with Crippen molar-refractivity contribution in [1.29, 1.82) is 0 Å². The Morgan fingerprint density at radius 1 is 1.12 bits per heavy atom. The molecule has 0 unspecified atom stereocenters. The van der Waals surface area contributed by atoms with E-state index < -0.39 is 11.8 Å². The standard InChI is InChI=1S/C17H12N4O4/c1-8-13-14-10(7-18-15(13)20-19-8)16(22)21(17(14)23)9-2-3-11-12(6-9)25-5-4-24-11/h2-3,6-7H,4-5H2,1H3,(H,18,19,20). The maximum Gasteiger partial charge on any atom is 0.267 e. The molecule has 0 fully saturated rings. The molecule has 0 saturated heterocycles. The quantitative estimate of drug-likeness (QED) is 0.681. The van der Waals surface area contributed by atoms with Gasteiger partial charge in [0.05, 0.1) is 22.2 Å². The number of H-pyrrole nitrogens is 1. The number of nitrogens with zero attached hydrogens (tertiary/aromatic N) is 3. The molecule has 0 atom stereocenters. The van der Waals surface area contributed by atoms with E-state index >= 15 is 0 Å². The lowest BCUT2D eigenvalue weighted by atomic mass is 10.1. The van der Waals surface area contributed by atoms with Crippen molar-refractivity contribution in [2.24, 2.45) is 0 Å². The fourth-order valence-electron chi connectivity index (χ4n) is 3.25. The molecule has 25 heavy (non-hydrogen) atoms. The fraction of sp³-hybridized carbons (Fsp3) is 0.176. The van der Waals surface area contributed by atoms with Gasteiger partial charge in [-0.3, -0.25) is 14.7 Å². The van der Waals surface area contributed by atoms with Crippen LogP contribution in [0.1, 0.15) is 26.4 Å². The first-order valence-corrected chi connectivity index (χ1v) is 7.77. The van der Waals surface area contributed by atoms with E-state index in [1.165, 1.54) is 6.20 Å². The van der Waals surface area contributed by atoms with Gasteiger partial charge in [-0.1, -0.05) is 0 Å². The minimum atomic E-state index is -0.410. The van der Waals surface area contributed by atoms with Crippen molar-refractivity contribution in [3.05, 3.63) is 41.2 Å². The van der Waals surface area contributed by atoms with Crippen LogP contribution < -0.4 is 14.4 Å². The predicted octanol–water partition coefficient (Wildman–Crippen LogP) is 1.84. The predicted molar refractivity (Wildman–Crippen MR) is 87.2 cm³/mol. The molecule has 3 aromatic rings. The van der Waals surface area contributed by atoms with Crippen LogP contribution in [0.25, 0.3) is 11.0 Å². The Kier molecular flexibility index (Phi) is 2.68. The summed E-state index contributed by atoms with van der Waals surface area (Å²) in [6, 6.07) is 5.01. The van der Waals surface area contributed by atoms with Crippen LogP contribution in [0.3, 0.4) is 0 Å². The first kappa shape index (κ1) is 14.0. The van der Waals surface area contributed by atoms with Crippen LogP contribution in [-0.2, 0) is 0 Å². The summed E-state index contributed by atoms with van der Waals surface area (Å²) in [5, 5.41) is 7.44. The Bertz CT molecular complexity index is 1070. The number of aryl methyl sites for hydroxylation is 1. The zero-order valence-corrected chi connectivity index (χ0v) is 13.2. The summed E-state index contributed by atoms with van der Waals surface area (Å²) in [5.41, 5.74) is 2.16. The molecule has 2 aromatic heterocycles. The largest absolute Gasteiger partial charge is 0.486 e. The van der Waals surface area contributed by atoms with Gasteiger partial charge in [0.1, 0.15) is 13.2 Å². The summed E-state index contributed by atoms with van der Waals surface area (Å²) >= 11 is 0. The maximum absolute atomic E-state index is 13.0. The van der Waals surface area contributed by atoms with E-state index in [2.05, 4.69) is 15.2 Å². The van der Waals surface area contributed by atoms with Crippen molar-refractivity contribution < 1.29 is 19.1 Å². The monoisotopic (exact) mass is 336 g/mol. The molecule has 5 rings (SSSR count). The highest BCUT2D eigenvalue weighted by molar-refractivity contribution is 6.37. The SMILES string of the molecule is Cc1[nH]nc2ncc3c(c12)C(=O)N(c1ccc2c(c1)OCCO2)C3=O. The van der Waals surface area contributed by atoms with Crippen LogP contribution in [0.2, 0.25) is 0 Å². The smallest absolute Gasteiger partial charge is 0.267 e. The number of imide groups is 1. The highest BCUT2D eigenvalue weighted by Crippen LogP contribution is 2.38. The van der Waals surface area contributed by atoms with Gasteiger partial charge in [-0.2, -0.15) is 5.10 Å². The van der Waals surface area contributed by atoms with Crippen LogP contribution in [0, 0.1) is 6.92 Å². The van der Waals surface area contributed by atoms with Crippen molar-refractivity contribution in [3.63, 3.8) is 0 Å². The van der Waals surface area contributed by atoms with Gasteiger partial charge in [0, 0.05) is 18.0 Å². The van der Waals surface area contributed by atoms with Crippen molar-refractivity contribution >= 4 is 28.5 Å². The number of carbonyl (C=O) groups excluding carboxylic acids is 2. The Morgan fingerprint density at radius 3 is 2.76 bits per heavy atom. The zero-order valence-electron chi connectivity index (χ0n) is 13.2. The molecule has 0 spiro atoms. The van der Waals surface area contributed by atoms with Crippen molar-refractivity contribution in [2.75, 3.05) is 18.1 Å². The highest BCUT2D eigenvalue weighted by Gasteiger charge is 2.40. The van der Waals surface area contributed by atoms with Crippen LogP contribution in [0.15, 0.2) is 24.4 Å². The molecule has 1 aromatic carbocycles. The number of aromatic amines is 1. The zero-order chi connectivity index (χ0) is 17.1. The van der Waals surface area contributed by atoms with Crippen molar-refractivity contribution in [3.8, 4) is 11.5 Å². The number of nitrogens with one attached hydrogen (secondary N) is 1. The van der Waals surface area contributed by atoms with Crippen LogP contribution in [0.4, 0.5) is 5.69 Å². The fourth-order valence-corrected chi connectivity index (χ4v) is 3.25. The second-order valence-corrected chi connectivity index (χ2v) is 5.87. The van der Waals surface area contributed by atoms with Gasteiger partial charge in [0.15, 0.2) is 17.1 Å². The molecule has 2 aliphatic rings. The molecule has 8 nitrogen and oxygen atoms in total. The second kappa shape index (κ2) is 4.79. The number of hydrogen-bond acceptors (Lipinski definition) is 6. The molecular weight excluding hydrogens is 324 g/mol. The topological polar surface area (TPSA) is 97.4 Å². The van der Waals surface area contributed by atoms with Gasteiger partial charge >= 0.3 is 0 Å². The molecule has 2 amide bonds. The Hall–Kier alpha value is -3.42. The van der Waals surface area contributed by atoms with E-state index in [1.807, 2.05) is 0 Å². The number of fused-ring (bicyclic) bond motifs is 4. The number of hydrogen-bond donors (Lipinski definition) is 1. The summed E-state index contributed by atoms with van der Waals surface area (Å²) in [7, 11) is 0. The van der Waals surface area contributed by atoms with Gasteiger partial charge < -0.3 is 9.47 Å². The first-order valence-electron chi connectivity index (χ1n) is 7.77. The third kappa shape index (κ3) is 1.81. The van der Waals surface area contributed by atoms with E-state index in [1.54, 1.807) is 25.1 Å². The summed E-state index contributed by atoms with van der Waals surface area (Å²) < 4.78 is 11.0. The number of pyridine rings is 1. The van der Waals surface area contributed by atoms with Gasteiger partial charge in [-0.05, 0) is 19.1 Å². The van der Waals surface area contributed by atoms with Gasteiger partial charge in [0.2, 0.25) is 0 Å². The summed E-state index contributed by atoms with van der Waals surface area (Å²) in [6.07, 6.45) is 1.40. The van der Waals surface area contributed by atoms with E-state index in [9.17, 15) is 9.59 Å². The van der Waals surface area contributed by atoms with Gasteiger partial charge in [0.25, 0.3) is 11.8 Å². The Balaban J connectivity index is 1.67. The molecule has 4 heterocycles. The molecule has 2 aliphatic heterocycles. The van der Waals surface area contributed by atoms with Crippen LogP contribution in [-0.4, -0.2) is 40.2 Å². The molecule has 124 valence electrons. The lowest BCUT2D eigenvalue weighted by Gasteiger charge is -2.21. The summed E-state index contributed by atoms with van der Waals surface area (Å²) in [4.78, 5) is 31.1. The Labute approximate surface area is 141 Å². The second-order valence-electron chi connectivity index (χ2n) is 5.87. The third-order valence-electron chi connectivity index (χ3n) is 4.40.